The number of rotatable bonds is 11. The van der Waals surface area contributed by atoms with E-state index in [1.54, 1.807) is 14.0 Å². The van der Waals surface area contributed by atoms with E-state index < -0.39 is 8.56 Å². The predicted octanol–water partition coefficient (Wildman–Crippen LogP) is 2.00. The standard InChI is InChI=1S/C13H26O5Si/c1-12(2)13(15)17-9-5-6-10-18-19(4,16-3)11-7-8-14/h14H,1,5-11H2,2-4H3. The van der Waals surface area contributed by atoms with E-state index in [1.807, 2.05) is 6.55 Å². The van der Waals surface area contributed by atoms with Crippen LogP contribution in [0.1, 0.15) is 26.2 Å². The van der Waals surface area contributed by atoms with Gasteiger partial charge in [0, 0.05) is 25.9 Å². The van der Waals surface area contributed by atoms with Gasteiger partial charge in [-0.2, -0.15) is 0 Å². The summed E-state index contributed by atoms with van der Waals surface area (Å²) >= 11 is 0. The van der Waals surface area contributed by atoms with Gasteiger partial charge in [-0.3, -0.25) is 0 Å². The number of carbonyl (C=O) groups is 1. The summed E-state index contributed by atoms with van der Waals surface area (Å²) in [4.78, 5) is 11.1. The van der Waals surface area contributed by atoms with Crippen LogP contribution in [-0.4, -0.2) is 46.6 Å². The van der Waals surface area contributed by atoms with Gasteiger partial charge < -0.3 is 18.7 Å². The Kier molecular flexibility index (Phi) is 9.77. The number of aliphatic hydroxyl groups excluding tert-OH is 1. The van der Waals surface area contributed by atoms with Crippen LogP contribution in [-0.2, 0) is 18.4 Å². The Hall–Kier alpha value is -0.693. The minimum atomic E-state index is -2.13. The van der Waals surface area contributed by atoms with Gasteiger partial charge >= 0.3 is 14.5 Å². The number of unbranched alkanes of at least 4 members (excludes halogenated alkanes) is 1. The van der Waals surface area contributed by atoms with Crippen molar-refractivity contribution in [3.05, 3.63) is 12.2 Å². The molecule has 0 rings (SSSR count). The third-order valence-corrected chi connectivity index (χ3v) is 5.69. The molecule has 1 N–H and O–H groups in total. The summed E-state index contributed by atoms with van der Waals surface area (Å²) in [6, 6.07) is 0.782. The summed E-state index contributed by atoms with van der Waals surface area (Å²) in [5, 5.41) is 8.82. The van der Waals surface area contributed by atoms with Crippen molar-refractivity contribution in [3.8, 4) is 0 Å². The third kappa shape index (κ3) is 8.93. The van der Waals surface area contributed by atoms with Crippen LogP contribution in [0.15, 0.2) is 12.2 Å². The van der Waals surface area contributed by atoms with E-state index in [4.69, 9.17) is 18.7 Å². The van der Waals surface area contributed by atoms with Gasteiger partial charge in [-0.1, -0.05) is 6.58 Å². The van der Waals surface area contributed by atoms with Crippen molar-refractivity contribution in [1.82, 2.24) is 0 Å². The van der Waals surface area contributed by atoms with Gasteiger partial charge in [0.25, 0.3) is 0 Å². The molecule has 0 aliphatic rings. The first kappa shape index (κ1) is 18.3. The monoisotopic (exact) mass is 290 g/mol. The zero-order chi connectivity index (χ0) is 14.7. The lowest BCUT2D eigenvalue weighted by atomic mass is 10.3. The van der Waals surface area contributed by atoms with Crippen molar-refractivity contribution in [3.63, 3.8) is 0 Å². The van der Waals surface area contributed by atoms with Crippen LogP contribution in [0.2, 0.25) is 12.6 Å². The summed E-state index contributed by atoms with van der Waals surface area (Å²) in [7, 11) is -0.475. The Morgan fingerprint density at radius 2 is 1.89 bits per heavy atom. The molecule has 0 aromatic heterocycles. The molecule has 0 aromatic rings. The number of ether oxygens (including phenoxy) is 1. The van der Waals surface area contributed by atoms with Crippen molar-refractivity contribution in [2.75, 3.05) is 26.9 Å². The molecule has 0 saturated carbocycles. The lowest BCUT2D eigenvalue weighted by Crippen LogP contribution is -2.37. The Morgan fingerprint density at radius 1 is 1.26 bits per heavy atom. The van der Waals surface area contributed by atoms with Gasteiger partial charge in [0.1, 0.15) is 0 Å². The normalized spacial score (nSPS) is 13.9. The van der Waals surface area contributed by atoms with Gasteiger partial charge in [-0.15, -0.1) is 0 Å². The van der Waals surface area contributed by atoms with Crippen molar-refractivity contribution >= 4 is 14.5 Å². The van der Waals surface area contributed by atoms with Crippen LogP contribution in [0.5, 0.6) is 0 Å². The second-order valence-electron chi connectivity index (χ2n) is 4.64. The molecule has 0 spiro atoms. The molecular formula is C13H26O5Si. The maximum absolute atomic E-state index is 11.1. The maximum Gasteiger partial charge on any atom is 0.334 e. The molecule has 0 aliphatic carbocycles. The van der Waals surface area contributed by atoms with Crippen molar-refractivity contribution in [2.45, 2.75) is 38.8 Å². The summed E-state index contributed by atoms with van der Waals surface area (Å²) in [6.07, 6.45) is 2.27. The van der Waals surface area contributed by atoms with E-state index in [0.29, 0.717) is 25.2 Å². The van der Waals surface area contributed by atoms with Gasteiger partial charge in [0.2, 0.25) is 0 Å². The second-order valence-corrected chi connectivity index (χ2v) is 8.10. The highest BCUT2D eigenvalue weighted by atomic mass is 28.4. The molecule has 0 bridgehead atoms. The summed E-state index contributed by atoms with van der Waals surface area (Å²) in [6.45, 7) is 8.26. The summed E-state index contributed by atoms with van der Waals surface area (Å²) in [5.41, 5.74) is 0.416. The van der Waals surface area contributed by atoms with E-state index in [0.717, 1.165) is 18.9 Å². The zero-order valence-corrected chi connectivity index (χ0v) is 13.2. The van der Waals surface area contributed by atoms with Crippen LogP contribution in [0.25, 0.3) is 0 Å². The average molecular weight is 290 g/mol. The molecule has 0 aliphatic heterocycles. The highest BCUT2D eigenvalue weighted by Gasteiger charge is 2.29. The van der Waals surface area contributed by atoms with Crippen LogP contribution >= 0.6 is 0 Å². The second kappa shape index (κ2) is 10.1. The molecule has 0 saturated heterocycles. The van der Waals surface area contributed by atoms with E-state index >= 15 is 0 Å². The van der Waals surface area contributed by atoms with Gasteiger partial charge in [0.15, 0.2) is 0 Å². The fraction of sp³-hybridized carbons (Fsp3) is 0.769. The SMILES string of the molecule is C=C(C)C(=O)OCCCCO[Si](C)(CCCO)OC. The molecule has 5 nitrogen and oxygen atoms in total. The summed E-state index contributed by atoms with van der Waals surface area (Å²) in [5.74, 6) is -0.347. The molecule has 0 radical (unpaired) electrons. The minimum absolute atomic E-state index is 0.159. The Balaban J connectivity index is 3.66. The Labute approximate surface area is 116 Å². The molecule has 0 amide bonds. The van der Waals surface area contributed by atoms with E-state index in [2.05, 4.69) is 6.58 Å². The number of carbonyl (C=O) groups excluding carboxylic acids is 1. The van der Waals surface area contributed by atoms with Gasteiger partial charge in [-0.25, -0.2) is 4.79 Å². The predicted molar refractivity (Wildman–Crippen MR) is 76.1 cm³/mol. The van der Waals surface area contributed by atoms with E-state index in [-0.39, 0.29) is 12.6 Å². The maximum atomic E-state index is 11.1. The lowest BCUT2D eigenvalue weighted by Gasteiger charge is -2.24. The smallest absolute Gasteiger partial charge is 0.334 e. The minimum Gasteiger partial charge on any atom is -0.462 e. The quantitative estimate of drug-likeness (QED) is 0.273. The molecule has 1 unspecified atom stereocenters. The first-order valence-electron chi connectivity index (χ1n) is 6.58. The Bertz CT molecular complexity index is 282. The molecule has 0 heterocycles. The van der Waals surface area contributed by atoms with Crippen molar-refractivity contribution < 1.29 is 23.5 Å². The first-order chi connectivity index (χ1) is 8.95. The molecule has 19 heavy (non-hydrogen) atoms. The van der Waals surface area contributed by atoms with Gasteiger partial charge in [0.05, 0.1) is 6.61 Å². The molecular weight excluding hydrogens is 264 g/mol. The molecule has 112 valence electrons. The largest absolute Gasteiger partial charge is 0.462 e. The van der Waals surface area contributed by atoms with Crippen molar-refractivity contribution in [2.24, 2.45) is 0 Å². The molecule has 0 aromatic carbocycles. The molecule has 0 fully saturated rings. The third-order valence-electron chi connectivity index (χ3n) is 2.75. The van der Waals surface area contributed by atoms with E-state index in [1.165, 1.54) is 0 Å². The van der Waals surface area contributed by atoms with Crippen LogP contribution < -0.4 is 0 Å². The fourth-order valence-electron chi connectivity index (χ4n) is 1.41. The zero-order valence-electron chi connectivity index (χ0n) is 12.2. The number of hydrogen-bond donors (Lipinski definition) is 1. The number of aliphatic hydroxyl groups is 1. The topological polar surface area (TPSA) is 65.0 Å². The molecule has 1 atom stereocenters. The highest BCUT2D eigenvalue weighted by molar-refractivity contribution is 6.65. The number of esters is 1. The lowest BCUT2D eigenvalue weighted by molar-refractivity contribution is -0.139. The highest BCUT2D eigenvalue weighted by Crippen LogP contribution is 2.15. The van der Waals surface area contributed by atoms with Crippen LogP contribution in [0, 0.1) is 0 Å². The Morgan fingerprint density at radius 3 is 2.42 bits per heavy atom. The van der Waals surface area contributed by atoms with Crippen molar-refractivity contribution in [1.29, 1.82) is 0 Å². The molecule has 6 heteroatoms. The van der Waals surface area contributed by atoms with E-state index in [9.17, 15) is 4.79 Å². The van der Waals surface area contributed by atoms with Crippen LogP contribution in [0.3, 0.4) is 0 Å². The average Bonchev–Trinajstić information content (AvgIpc) is 2.40. The fourth-order valence-corrected chi connectivity index (χ4v) is 3.26. The summed E-state index contributed by atoms with van der Waals surface area (Å²) < 4.78 is 16.2. The van der Waals surface area contributed by atoms with Gasteiger partial charge in [-0.05, 0) is 38.8 Å². The number of hydrogen-bond acceptors (Lipinski definition) is 5. The van der Waals surface area contributed by atoms with Crippen LogP contribution in [0.4, 0.5) is 0 Å². The first-order valence-corrected chi connectivity index (χ1v) is 9.10.